The van der Waals surface area contributed by atoms with Crippen molar-refractivity contribution >= 4 is 25.2 Å². The smallest absolute Gasteiger partial charge is 0.200 e. The molecular formula is C17H26BNO4. The summed E-state index contributed by atoms with van der Waals surface area (Å²) in [6.07, 6.45) is 2.86. The molecule has 1 saturated heterocycles. The zero-order valence-corrected chi connectivity index (χ0v) is 14.5. The van der Waals surface area contributed by atoms with Crippen molar-refractivity contribution in [2.45, 2.75) is 77.7 Å². The van der Waals surface area contributed by atoms with Crippen molar-refractivity contribution < 1.29 is 19.1 Å². The van der Waals surface area contributed by atoms with Gasteiger partial charge in [0.1, 0.15) is 17.3 Å². The fourth-order valence-electron chi connectivity index (χ4n) is 4.27. The van der Waals surface area contributed by atoms with Gasteiger partial charge in [-0.15, -0.1) is 0 Å². The molecule has 6 heteroatoms. The molecule has 0 N–H and O–H groups in total. The quantitative estimate of drug-likeness (QED) is 0.747. The SMILES string of the molecule is [B]C(=O)N1C(CC)C(CC2CCC(=O)CC2C(C)=O)OC1(C)C. The summed E-state index contributed by atoms with van der Waals surface area (Å²) in [5.74, 6) is -0.331. The minimum absolute atomic E-state index is 0.0695. The van der Waals surface area contributed by atoms with Crippen molar-refractivity contribution in [3.05, 3.63) is 0 Å². The molecule has 2 aliphatic rings. The molecule has 2 rings (SSSR count). The van der Waals surface area contributed by atoms with Gasteiger partial charge in [0.25, 0.3) is 0 Å². The van der Waals surface area contributed by atoms with E-state index >= 15 is 0 Å². The van der Waals surface area contributed by atoms with Crippen LogP contribution in [0, 0.1) is 11.8 Å². The lowest BCUT2D eigenvalue weighted by atomic mass is 9.73. The highest BCUT2D eigenvalue weighted by Crippen LogP contribution is 2.40. The maximum atomic E-state index is 11.9. The second-order valence-electron chi connectivity index (χ2n) is 7.28. The second kappa shape index (κ2) is 6.75. The molecule has 1 aliphatic heterocycles. The zero-order valence-electron chi connectivity index (χ0n) is 14.5. The number of carbonyl (C=O) groups excluding carboxylic acids is 3. The minimum Gasteiger partial charge on any atom is -0.351 e. The van der Waals surface area contributed by atoms with Crippen LogP contribution in [-0.4, -0.2) is 48.0 Å². The number of Topliss-reactive ketones (excluding diaryl/α,β-unsaturated/α-hetero) is 2. The van der Waals surface area contributed by atoms with Crippen LogP contribution >= 0.6 is 0 Å². The van der Waals surface area contributed by atoms with Crippen LogP contribution < -0.4 is 0 Å². The van der Waals surface area contributed by atoms with Crippen molar-refractivity contribution in [1.82, 2.24) is 4.90 Å². The first kappa shape index (κ1) is 18.2. The molecule has 126 valence electrons. The molecule has 1 saturated carbocycles. The fraction of sp³-hybridized carbons (Fsp3) is 0.824. The Bertz CT molecular complexity index is 505. The molecule has 0 spiro atoms. The number of rotatable bonds is 4. The average Bonchev–Trinajstić information content (AvgIpc) is 2.70. The van der Waals surface area contributed by atoms with E-state index in [1.54, 1.807) is 11.8 Å². The van der Waals surface area contributed by atoms with Crippen molar-refractivity contribution in [3.8, 4) is 0 Å². The van der Waals surface area contributed by atoms with Crippen molar-refractivity contribution in [1.29, 1.82) is 0 Å². The van der Waals surface area contributed by atoms with E-state index in [2.05, 4.69) is 0 Å². The van der Waals surface area contributed by atoms with Gasteiger partial charge in [-0.2, -0.15) is 0 Å². The van der Waals surface area contributed by atoms with Crippen LogP contribution in [0.15, 0.2) is 0 Å². The molecule has 1 aliphatic carbocycles. The van der Waals surface area contributed by atoms with Gasteiger partial charge in [-0.3, -0.25) is 14.4 Å². The van der Waals surface area contributed by atoms with Crippen LogP contribution in [0.5, 0.6) is 0 Å². The summed E-state index contributed by atoms with van der Waals surface area (Å²) in [6.45, 7) is 7.24. The summed E-state index contributed by atoms with van der Waals surface area (Å²) < 4.78 is 6.11. The summed E-state index contributed by atoms with van der Waals surface area (Å²) in [7, 11) is 5.54. The van der Waals surface area contributed by atoms with E-state index in [-0.39, 0.29) is 35.5 Å². The highest BCUT2D eigenvalue weighted by molar-refractivity contribution is 6.57. The van der Waals surface area contributed by atoms with Gasteiger partial charge in [-0.05, 0) is 46.0 Å². The average molecular weight is 319 g/mol. The summed E-state index contributed by atoms with van der Waals surface area (Å²) >= 11 is 0. The van der Waals surface area contributed by atoms with Crippen LogP contribution in [0.2, 0.25) is 0 Å². The third-order valence-electron chi connectivity index (χ3n) is 5.30. The van der Waals surface area contributed by atoms with Crippen LogP contribution in [0.4, 0.5) is 4.79 Å². The van der Waals surface area contributed by atoms with E-state index in [4.69, 9.17) is 12.6 Å². The van der Waals surface area contributed by atoms with Crippen molar-refractivity contribution in [2.75, 3.05) is 0 Å². The van der Waals surface area contributed by atoms with Gasteiger partial charge >= 0.3 is 0 Å². The molecule has 1 heterocycles. The zero-order chi connectivity index (χ0) is 17.4. The Kier molecular flexibility index (Phi) is 5.34. The molecule has 4 atom stereocenters. The summed E-state index contributed by atoms with van der Waals surface area (Å²) in [6, 6.07) is -0.0901. The molecule has 0 aromatic carbocycles. The highest BCUT2D eigenvalue weighted by Gasteiger charge is 2.48. The Hall–Kier alpha value is -1.17. The lowest BCUT2D eigenvalue weighted by molar-refractivity contribution is -0.132. The third-order valence-corrected chi connectivity index (χ3v) is 5.30. The molecule has 5 nitrogen and oxygen atoms in total. The number of ether oxygens (including phenoxy) is 1. The molecule has 23 heavy (non-hydrogen) atoms. The summed E-state index contributed by atoms with van der Waals surface area (Å²) in [5.41, 5.74) is -0.743. The first-order chi connectivity index (χ1) is 10.7. The Morgan fingerprint density at radius 1 is 1.39 bits per heavy atom. The molecule has 2 radical (unpaired) electrons. The largest absolute Gasteiger partial charge is 0.351 e. The van der Waals surface area contributed by atoms with Gasteiger partial charge in [0.2, 0.25) is 7.85 Å². The topological polar surface area (TPSA) is 63.7 Å². The Morgan fingerprint density at radius 2 is 2.04 bits per heavy atom. The molecule has 0 aromatic heterocycles. The van der Waals surface area contributed by atoms with E-state index in [1.165, 1.54) is 0 Å². The number of amides is 1. The predicted octanol–water partition coefficient (Wildman–Crippen LogP) is 2.45. The molecule has 0 aromatic rings. The molecule has 2 fully saturated rings. The third kappa shape index (κ3) is 3.68. The summed E-state index contributed by atoms with van der Waals surface area (Å²) in [4.78, 5) is 37.0. The van der Waals surface area contributed by atoms with Gasteiger partial charge in [0, 0.05) is 18.8 Å². The fourth-order valence-corrected chi connectivity index (χ4v) is 4.27. The van der Waals surface area contributed by atoms with Gasteiger partial charge in [0.15, 0.2) is 5.81 Å². The molecule has 1 amide bonds. The number of ketones is 2. The number of hydrogen-bond acceptors (Lipinski definition) is 4. The predicted molar refractivity (Wildman–Crippen MR) is 87.2 cm³/mol. The molecule has 0 bridgehead atoms. The van der Waals surface area contributed by atoms with E-state index in [1.807, 2.05) is 20.8 Å². The molecular weight excluding hydrogens is 293 g/mol. The summed E-state index contributed by atoms with van der Waals surface area (Å²) in [5, 5.41) is 0. The Labute approximate surface area is 139 Å². The maximum absolute atomic E-state index is 11.9. The second-order valence-corrected chi connectivity index (χ2v) is 7.28. The standard InChI is InChI=1S/C17H26BNO4/c1-5-14-15(23-17(3,4)19(14)16(18)22)8-11-6-7-12(21)9-13(11)10(2)20/h11,13-15H,5-9H2,1-4H3. The van der Waals surface area contributed by atoms with Gasteiger partial charge in [0.05, 0.1) is 12.1 Å². The van der Waals surface area contributed by atoms with E-state index in [0.717, 1.165) is 12.8 Å². The monoisotopic (exact) mass is 319 g/mol. The van der Waals surface area contributed by atoms with Crippen LogP contribution in [0.3, 0.4) is 0 Å². The maximum Gasteiger partial charge on any atom is 0.200 e. The van der Waals surface area contributed by atoms with Crippen LogP contribution in [0.1, 0.15) is 59.8 Å². The Balaban J connectivity index is 2.16. The molecule has 4 unspecified atom stereocenters. The van der Waals surface area contributed by atoms with E-state index in [0.29, 0.717) is 19.3 Å². The normalized spacial score (nSPS) is 33.7. The Morgan fingerprint density at radius 3 is 2.57 bits per heavy atom. The van der Waals surface area contributed by atoms with Crippen LogP contribution in [-0.2, 0) is 14.3 Å². The van der Waals surface area contributed by atoms with Crippen molar-refractivity contribution in [3.63, 3.8) is 0 Å². The lowest BCUT2D eigenvalue weighted by Gasteiger charge is -2.33. The van der Waals surface area contributed by atoms with Crippen LogP contribution in [0.25, 0.3) is 0 Å². The van der Waals surface area contributed by atoms with Crippen molar-refractivity contribution in [2.24, 2.45) is 11.8 Å². The van der Waals surface area contributed by atoms with Gasteiger partial charge in [-0.1, -0.05) is 6.92 Å². The first-order valence-corrected chi connectivity index (χ1v) is 8.46. The number of nitrogens with zero attached hydrogens (tertiary/aromatic N) is 1. The van der Waals surface area contributed by atoms with E-state index in [9.17, 15) is 14.4 Å². The first-order valence-electron chi connectivity index (χ1n) is 8.46. The minimum atomic E-state index is -0.743. The van der Waals surface area contributed by atoms with Gasteiger partial charge in [-0.25, -0.2) is 0 Å². The van der Waals surface area contributed by atoms with Gasteiger partial charge < -0.3 is 9.64 Å². The van der Waals surface area contributed by atoms with E-state index < -0.39 is 11.5 Å². The lowest BCUT2D eigenvalue weighted by Crippen LogP contribution is -2.47. The number of hydrogen-bond donors (Lipinski definition) is 0. The number of carbonyl (C=O) groups is 3. The highest BCUT2D eigenvalue weighted by atomic mass is 16.5.